The van der Waals surface area contributed by atoms with Crippen LogP contribution >= 0.6 is 0 Å². The molecule has 0 bridgehead atoms. The Morgan fingerprint density at radius 1 is 1.29 bits per heavy atom. The van der Waals surface area contributed by atoms with Gasteiger partial charge in [-0.3, -0.25) is 0 Å². The molecule has 0 aliphatic rings. The fraction of sp³-hybridized carbons (Fsp3) is 0.385. The lowest BCUT2D eigenvalue weighted by Gasteiger charge is -2.17. The summed E-state index contributed by atoms with van der Waals surface area (Å²) in [4.78, 5) is 0. The third-order valence-electron chi connectivity index (χ3n) is 1.38. The van der Waals surface area contributed by atoms with Gasteiger partial charge in [-0.1, -0.05) is 30.9 Å². The Morgan fingerprint density at radius 3 is 2.36 bits per heavy atom. The highest BCUT2D eigenvalue weighted by Crippen LogP contribution is 2.07. The standard InChI is InChI=1S/C13H20O/c1-6-9-12(7-2)10-8-11-14-13(3,4)5/h6-11H,2H2,1,3-5H3/b9-6-,11-8+,12-10-. The summed E-state index contributed by atoms with van der Waals surface area (Å²) in [5, 5.41) is 0. The van der Waals surface area contributed by atoms with Gasteiger partial charge in [0.2, 0.25) is 0 Å². The molecule has 78 valence electrons. The lowest BCUT2D eigenvalue weighted by Crippen LogP contribution is -2.15. The van der Waals surface area contributed by atoms with Crippen LogP contribution in [-0.2, 0) is 4.74 Å². The Kier molecular flexibility index (Phi) is 5.70. The van der Waals surface area contributed by atoms with Crippen molar-refractivity contribution in [2.24, 2.45) is 0 Å². The van der Waals surface area contributed by atoms with E-state index in [9.17, 15) is 0 Å². The quantitative estimate of drug-likeness (QED) is 0.483. The molecule has 0 aliphatic heterocycles. The van der Waals surface area contributed by atoms with Gasteiger partial charge in [0, 0.05) is 0 Å². The zero-order valence-corrected chi connectivity index (χ0v) is 9.58. The van der Waals surface area contributed by atoms with Gasteiger partial charge >= 0.3 is 0 Å². The van der Waals surface area contributed by atoms with E-state index < -0.39 is 0 Å². The van der Waals surface area contributed by atoms with Crippen molar-refractivity contribution >= 4 is 0 Å². The number of ether oxygens (including phenoxy) is 1. The van der Waals surface area contributed by atoms with Crippen LogP contribution in [0.4, 0.5) is 0 Å². The number of rotatable bonds is 4. The summed E-state index contributed by atoms with van der Waals surface area (Å²) in [5.41, 5.74) is 0.945. The van der Waals surface area contributed by atoms with Gasteiger partial charge < -0.3 is 4.74 Å². The molecule has 0 fully saturated rings. The van der Waals surface area contributed by atoms with E-state index in [1.54, 1.807) is 12.3 Å². The first kappa shape index (κ1) is 12.8. The molecule has 1 nitrogen and oxygen atoms in total. The molecule has 0 saturated carbocycles. The molecule has 0 amide bonds. The second kappa shape index (κ2) is 6.25. The van der Waals surface area contributed by atoms with E-state index in [0.29, 0.717) is 0 Å². The molecule has 0 saturated heterocycles. The summed E-state index contributed by atoms with van der Waals surface area (Å²) in [6, 6.07) is 0. The van der Waals surface area contributed by atoms with Crippen molar-refractivity contribution < 1.29 is 4.74 Å². The maximum absolute atomic E-state index is 5.42. The Labute approximate surface area is 87.5 Å². The van der Waals surface area contributed by atoms with Crippen molar-refractivity contribution in [1.29, 1.82) is 0 Å². The Morgan fingerprint density at radius 2 is 1.93 bits per heavy atom. The van der Waals surface area contributed by atoms with Gasteiger partial charge in [-0.2, -0.15) is 0 Å². The third kappa shape index (κ3) is 7.41. The van der Waals surface area contributed by atoms with E-state index in [0.717, 1.165) is 5.57 Å². The van der Waals surface area contributed by atoms with Crippen LogP contribution in [0.25, 0.3) is 0 Å². The molecule has 14 heavy (non-hydrogen) atoms. The van der Waals surface area contributed by atoms with Crippen LogP contribution in [0.1, 0.15) is 27.7 Å². The van der Waals surface area contributed by atoms with Crippen LogP contribution < -0.4 is 0 Å². The predicted octanol–water partition coefficient (Wildman–Crippen LogP) is 4.00. The molecular weight excluding hydrogens is 172 g/mol. The van der Waals surface area contributed by atoms with E-state index in [-0.39, 0.29) is 5.60 Å². The minimum Gasteiger partial charge on any atom is -0.496 e. The number of hydrogen-bond acceptors (Lipinski definition) is 1. The summed E-state index contributed by atoms with van der Waals surface area (Å²) in [6.45, 7) is 11.7. The zero-order valence-electron chi connectivity index (χ0n) is 9.58. The fourth-order valence-electron chi connectivity index (χ4n) is 0.778. The van der Waals surface area contributed by atoms with Crippen molar-refractivity contribution in [2.75, 3.05) is 0 Å². The van der Waals surface area contributed by atoms with Crippen molar-refractivity contribution in [3.63, 3.8) is 0 Å². The summed E-state index contributed by atoms with van der Waals surface area (Å²) < 4.78 is 5.42. The summed E-state index contributed by atoms with van der Waals surface area (Å²) >= 11 is 0. The van der Waals surface area contributed by atoms with E-state index in [1.165, 1.54) is 0 Å². The van der Waals surface area contributed by atoms with Gasteiger partial charge in [0.25, 0.3) is 0 Å². The monoisotopic (exact) mass is 192 g/mol. The van der Waals surface area contributed by atoms with E-state index in [1.807, 2.05) is 52.0 Å². The first-order valence-electron chi connectivity index (χ1n) is 4.79. The van der Waals surface area contributed by atoms with Crippen molar-refractivity contribution in [3.8, 4) is 0 Å². The molecule has 0 aromatic carbocycles. The van der Waals surface area contributed by atoms with Crippen LogP contribution in [0, 0.1) is 0 Å². The lowest BCUT2D eigenvalue weighted by atomic mass is 10.2. The topological polar surface area (TPSA) is 9.23 Å². The largest absolute Gasteiger partial charge is 0.496 e. The van der Waals surface area contributed by atoms with Gasteiger partial charge in [0.15, 0.2) is 0 Å². The van der Waals surface area contributed by atoms with Crippen LogP contribution in [0.5, 0.6) is 0 Å². The molecule has 0 spiro atoms. The summed E-state index contributed by atoms with van der Waals surface area (Å²) in [6.07, 6.45) is 11.3. The Bertz CT molecular complexity index is 249. The van der Waals surface area contributed by atoms with E-state index >= 15 is 0 Å². The number of allylic oxidation sites excluding steroid dienone is 6. The van der Waals surface area contributed by atoms with Crippen LogP contribution in [0.2, 0.25) is 0 Å². The fourth-order valence-corrected chi connectivity index (χ4v) is 0.778. The zero-order chi connectivity index (χ0) is 11.0. The normalized spacial score (nSPS) is 13.9. The van der Waals surface area contributed by atoms with Crippen LogP contribution in [-0.4, -0.2) is 5.60 Å². The van der Waals surface area contributed by atoms with E-state index in [4.69, 9.17) is 4.74 Å². The third-order valence-corrected chi connectivity index (χ3v) is 1.38. The molecule has 0 aromatic rings. The van der Waals surface area contributed by atoms with Crippen LogP contribution in [0.15, 0.2) is 48.8 Å². The molecule has 0 atom stereocenters. The predicted molar refractivity (Wildman–Crippen MR) is 63.1 cm³/mol. The maximum atomic E-state index is 5.42. The molecule has 0 N–H and O–H groups in total. The van der Waals surface area contributed by atoms with Crippen LogP contribution in [0.3, 0.4) is 0 Å². The minimum absolute atomic E-state index is 0.126. The maximum Gasteiger partial charge on any atom is 0.0998 e. The molecular formula is C13H20O. The second-order valence-corrected chi connectivity index (χ2v) is 3.93. The Balaban J connectivity index is 4.18. The summed E-state index contributed by atoms with van der Waals surface area (Å²) in [5.74, 6) is 0. The average Bonchev–Trinajstić information content (AvgIpc) is 2.08. The van der Waals surface area contributed by atoms with Gasteiger partial charge in [0.1, 0.15) is 0 Å². The molecule has 0 heterocycles. The smallest absolute Gasteiger partial charge is 0.0998 e. The molecule has 0 radical (unpaired) electrons. The van der Waals surface area contributed by atoms with Crippen molar-refractivity contribution in [3.05, 3.63) is 48.8 Å². The minimum atomic E-state index is -0.126. The van der Waals surface area contributed by atoms with Gasteiger partial charge in [-0.05, 0) is 39.3 Å². The van der Waals surface area contributed by atoms with Crippen molar-refractivity contribution in [2.45, 2.75) is 33.3 Å². The highest BCUT2D eigenvalue weighted by molar-refractivity contribution is 5.31. The molecule has 0 rings (SSSR count). The SMILES string of the molecule is C=CC(/C=C\C)=C/C=C/OC(C)(C)C. The first-order valence-corrected chi connectivity index (χ1v) is 4.79. The summed E-state index contributed by atoms with van der Waals surface area (Å²) in [7, 11) is 0. The second-order valence-electron chi connectivity index (χ2n) is 3.93. The van der Waals surface area contributed by atoms with Gasteiger partial charge in [-0.25, -0.2) is 0 Å². The van der Waals surface area contributed by atoms with Gasteiger partial charge in [0.05, 0.1) is 11.9 Å². The van der Waals surface area contributed by atoms with Crippen molar-refractivity contribution in [1.82, 2.24) is 0 Å². The number of hydrogen-bond donors (Lipinski definition) is 0. The lowest BCUT2D eigenvalue weighted by molar-refractivity contribution is 0.0767. The highest BCUT2D eigenvalue weighted by Gasteiger charge is 2.06. The average molecular weight is 192 g/mol. The molecule has 0 unspecified atom stereocenters. The molecule has 0 aromatic heterocycles. The highest BCUT2D eigenvalue weighted by atomic mass is 16.5. The molecule has 0 aliphatic carbocycles. The first-order chi connectivity index (χ1) is 6.49. The van der Waals surface area contributed by atoms with Gasteiger partial charge in [-0.15, -0.1) is 0 Å². The van der Waals surface area contributed by atoms with E-state index in [2.05, 4.69) is 6.58 Å². The molecule has 1 heteroatoms. The Hall–Kier alpha value is -1.24.